The van der Waals surface area contributed by atoms with E-state index in [1.54, 1.807) is 30.5 Å². The van der Waals surface area contributed by atoms with Crippen molar-refractivity contribution in [1.82, 2.24) is 15.3 Å². The molecular formula is C26H31ClN8O2. The van der Waals surface area contributed by atoms with Gasteiger partial charge < -0.3 is 26.2 Å². The lowest BCUT2D eigenvalue weighted by atomic mass is 10.1. The maximum atomic E-state index is 12.9. The molecule has 7 N–H and O–H groups in total. The predicted octanol–water partition coefficient (Wildman–Crippen LogP) is 4.18. The van der Waals surface area contributed by atoms with Gasteiger partial charge in [0.15, 0.2) is 0 Å². The van der Waals surface area contributed by atoms with Gasteiger partial charge in [0.05, 0.1) is 30.2 Å². The van der Waals surface area contributed by atoms with Gasteiger partial charge >= 0.3 is 0 Å². The van der Waals surface area contributed by atoms with Gasteiger partial charge in [-0.25, -0.2) is 10.8 Å². The molecule has 0 aliphatic carbocycles. The third kappa shape index (κ3) is 6.60. The lowest BCUT2D eigenvalue weighted by molar-refractivity contribution is -0.117. The van der Waals surface area contributed by atoms with Gasteiger partial charge in [0, 0.05) is 41.0 Å². The number of aromatic amines is 1. The van der Waals surface area contributed by atoms with Gasteiger partial charge in [-0.05, 0) is 55.7 Å². The number of ether oxygens (including phenoxy) is 1. The van der Waals surface area contributed by atoms with Crippen molar-refractivity contribution < 1.29 is 9.53 Å². The highest BCUT2D eigenvalue weighted by molar-refractivity contribution is 6.30. The first-order valence-electron chi connectivity index (χ1n) is 12.0. The second-order valence-corrected chi connectivity index (χ2v) is 9.05. The van der Waals surface area contributed by atoms with Gasteiger partial charge in [-0.2, -0.15) is 5.10 Å². The van der Waals surface area contributed by atoms with E-state index in [9.17, 15) is 4.79 Å². The molecule has 1 aliphatic rings. The van der Waals surface area contributed by atoms with Crippen LogP contribution in [0.25, 0.3) is 17.3 Å². The van der Waals surface area contributed by atoms with Gasteiger partial charge in [-0.15, -0.1) is 0 Å². The number of hydrogen-bond donors (Lipinski definition) is 5. The van der Waals surface area contributed by atoms with E-state index in [0.29, 0.717) is 28.7 Å². The van der Waals surface area contributed by atoms with Crippen molar-refractivity contribution >= 4 is 41.3 Å². The average Bonchev–Trinajstić information content (AvgIpc) is 3.38. The van der Waals surface area contributed by atoms with Crippen molar-refractivity contribution in [2.75, 3.05) is 24.0 Å². The van der Waals surface area contributed by atoms with Crippen LogP contribution in [0.2, 0.25) is 5.02 Å². The molecule has 0 saturated heterocycles. The Morgan fingerprint density at radius 2 is 2.14 bits per heavy atom. The van der Waals surface area contributed by atoms with Crippen LogP contribution in [-0.4, -0.2) is 35.9 Å². The first-order valence-corrected chi connectivity index (χ1v) is 12.4. The number of imidazole rings is 1. The van der Waals surface area contributed by atoms with E-state index in [-0.39, 0.29) is 11.9 Å². The topological polar surface area (TPSA) is 147 Å². The molecule has 0 radical (unpaired) electrons. The minimum atomic E-state index is -0.277. The lowest BCUT2D eigenvalue weighted by Crippen LogP contribution is -2.30. The smallest absolute Gasteiger partial charge is 0.244 e. The summed E-state index contributed by atoms with van der Waals surface area (Å²) >= 11 is 6.16. The minimum absolute atomic E-state index is 0.264. The molecule has 11 heteroatoms. The van der Waals surface area contributed by atoms with Gasteiger partial charge in [-0.3, -0.25) is 9.80 Å². The standard InChI is InChI=1S/C26H31ClN8O2/c1-30-19-8-9-20-22-15-31-26(34-22)21(5-3-2-4-12-37-24(20)14-19)33-25(36)11-6-17-13-18(27)7-10-23(17)35(29)16-32-28/h6-11,13-16,21,30H,2-5,12,28-29H2,1H3,(H,31,34)(H,33,36)/b11-6+,32-16-/t21-/m0/s1. The number of halogens is 1. The fourth-order valence-corrected chi connectivity index (χ4v) is 4.35. The van der Waals surface area contributed by atoms with E-state index in [2.05, 4.69) is 25.7 Å². The van der Waals surface area contributed by atoms with Crippen molar-refractivity contribution in [1.29, 1.82) is 0 Å². The molecule has 1 atom stereocenters. The van der Waals surface area contributed by atoms with E-state index in [0.717, 1.165) is 48.4 Å². The molecule has 37 heavy (non-hydrogen) atoms. The number of benzene rings is 2. The van der Waals surface area contributed by atoms with Crippen LogP contribution in [0.5, 0.6) is 5.75 Å². The summed E-state index contributed by atoms with van der Waals surface area (Å²) in [6, 6.07) is 10.8. The van der Waals surface area contributed by atoms with Gasteiger partial charge in [0.1, 0.15) is 17.9 Å². The van der Waals surface area contributed by atoms with Crippen LogP contribution in [0.1, 0.15) is 43.1 Å². The maximum absolute atomic E-state index is 12.9. The number of hydrazine groups is 1. The summed E-state index contributed by atoms with van der Waals surface area (Å²) in [7, 11) is 1.88. The van der Waals surface area contributed by atoms with Crippen LogP contribution < -0.4 is 32.1 Å². The molecule has 2 heterocycles. The van der Waals surface area contributed by atoms with E-state index >= 15 is 0 Å². The molecule has 2 aromatic carbocycles. The van der Waals surface area contributed by atoms with Gasteiger partial charge in [0.25, 0.3) is 0 Å². The number of nitrogens with two attached hydrogens (primary N) is 2. The monoisotopic (exact) mass is 522 g/mol. The highest BCUT2D eigenvalue weighted by atomic mass is 35.5. The number of hydrogen-bond acceptors (Lipinski definition) is 7. The lowest BCUT2D eigenvalue weighted by Gasteiger charge is -2.18. The van der Waals surface area contributed by atoms with Crippen LogP contribution >= 0.6 is 11.6 Å². The summed E-state index contributed by atoms with van der Waals surface area (Å²) in [5, 5.41) is 11.4. The molecule has 0 spiro atoms. The molecule has 1 aliphatic heterocycles. The average molecular weight is 523 g/mol. The van der Waals surface area contributed by atoms with Gasteiger partial charge in [-0.1, -0.05) is 18.0 Å². The van der Waals surface area contributed by atoms with Crippen LogP contribution in [0.15, 0.2) is 53.8 Å². The predicted molar refractivity (Wildman–Crippen MR) is 148 cm³/mol. The summed E-state index contributed by atoms with van der Waals surface area (Å²) in [6.45, 7) is 0.621. The Labute approximate surface area is 220 Å². The third-order valence-corrected chi connectivity index (χ3v) is 6.31. The normalized spacial score (nSPS) is 15.9. The second-order valence-electron chi connectivity index (χ2n) is 8.61. The van der Waals surface area contributed by atoms with Crippen molar-refractivity contribution in [2.45, 2.75) is 31.7 Å². The van der Waals surface area contributed by atoms with Crippen molar-refractivity contribution in [3.63, 3.8) is 0 Å². The van der Waals surface area contributed by atoms with Crippen molar-refractivity contribution in [3.05, 3.63) is 65.1 Å². The Kier molecular flexibility index (Phi) is 8.65. The number of carbonyl (C=O) groups is 1. The fourth-order valence-electron chi connectivity index (χ4n) is 4.17. The molecule has 0 fully saturated rings. The molecule has 10 nitrogen and oxygen atoms in total. The summed E-state index contributed by atoms with van der Waals surface area (Å²) in [4.78, 5) is 20.9. The second kappa shape index (κ2) is 12.3. The number of hydrazone groups is 1. The van der Waals surface area contributed by atoms with Crippen LogP contribution in [0.4, 0.5) is 11.4 Å². The Balaban J connectivity index is 1.56. The molecule has 0 saturated carbocycles. The van der Waals surface area contributed by atoms with Crippen LogP contribution in [0.3, 0.4) is 0 Å². The molecular weight excluding hydrogens is 492 g/mol. The molecule has 3 aromatic rings. The van der Waals surface area contributed by atoms with Crippen LogP contribution in [0, 0.1) is 0 Å². The highest BCUT2D eigenvalue weighted by Gasteiger charge is 2.19. The number of H-pyrrole nitrogens is 1. The number of anilines is 2. The van der Waals surface area contributed by atoms with Gasteiger partial charge in [0.2, 0.25) is 5.91 Å². The zero-order valence-corrected chi connectivity index (χ0v) is 21.3. The zero-order chi connectivity index (χ0) is 26.2. The Morgan fingerprint density at radius 1 is 1.27 bits per heavy atom. The number of aromatic nitrogens is 2. The Hall–Kier alpha value is -4.02. The summed E-state index contributed by atoms with van der Waals surface area (Å²) in [5.74, 6) is 12.4. The third-order valence-electron chi connectivity index (χ3n) is 6.07. The number of nitrogens with zero attached hydrogens (tertiary/aromatic N) is 3. The van der Waals surface area contributed by atoms with E-state index in [4.69, 9.17) is 28.0 Å². The van der Waals surface area contributed by atoms with Crippen molar-refractivity contribution in [3.8, 4) is 17.0 Å². The maximum Gasteiger partial charge on any atom is 0.244 e. The summed E-state index contributed by atoms with van der Waals surface area (Å²) in [5.41, 5.74) is 3.95. The van der Waals surface area contributed by atoms with Crippen LogP contribution in [-0.2, 0) is 4.79 Å². The van der Waals surface area contributed by atoms with E-state index in [1.165, 1.54) is 17.4 Å². The summed E-state index contributed by atoms with van der Waals surface area (Å²) < 4.78 is 6.08. The number of rotatable bonds is 6. The molecule has 1 aromatic heterocycles. The number of amides is 1. The Morgan fingerprint density at radius 3 is 2.95 bits per heavy atom. The molecule has 4 rings (SSSR count). The SMILES string of the molecule is CNc1ccc2c(c1)OCCCCC[C@H](NC(=O)/C=C/c1cc(Cl)ccc1N(N)/C=N\N)c1ncc-2[nH]1. The zero-order valence-electron chi connectivity index (χ0n) is 20.6. The number of nitrogens with one attached hydrogen (secondary N) is 3. The molecule has 0 unspecified atom stereocenters. The fraction of sp³-hybridized carbons (Fsp3) is 0.269. The molecule has 194 valence electrons. The van der Waals surface area contributed by atoms with E-state index < -0.39 is 0 Å². The van der Waals surface area contributed by atoms with E-state index in [1.807, 2.05) is 25.2 Å². The number of fused-ring (bicyclic) bond motifs is 4. The Bertz CT molecular complexity index is 1290. The molecule has 1 amide bonds. The largest absolute Gasteiger partial charge is 0.493 e. The quantitative estimate of drug-likeness (QED) is 0.107. The van der Waals surface area contributed by atoms with Crippen molar-refractivity contribution in [2.24, 2.45) is 16.8 Å². The number of carbonyl (C=O) groups excluding carboxylic acids is 1. The summed E-state index contributed by atoms with van der Waals surface area (Å²) in [6.07, 6.45) is 9.68. The first-order chi connectivity index (χ1) is 18.0. The molecule has 2 bridgehead atoms. The highest BCUT2D eigenvalue weighted by Crippen LogP contribution is 2.33. The minimum Gasteiger partial charge on any atom is -0.493 e. The first kappa shape index (κ1) is 26.1.